The molecule has 21 heavy (non-hydrogen) atoms. The predicted octanol–water partition coefficient (Wildman–Crippen LogP) is 2.31. The van der Waals surface area contributed by atoms with E-state index in [1.165, 1.54) is 25.1 Å². The van der Waals surface area contributed by atoms with E-state index < -0.39 is 22.7 Å². The van der Waals surface area contributed by atoms with E-state index in [4.69, 9.17) is 0 Å². The van der Waals surface area contributed by atoms with Gasteiger partial charge >= 0.3 is 6.18 Å². The molecule has 0 spiro atoms. The van der Waals surface area contributed by atoms with Crippen LogP contribution in [0, 0.1) is 0 Å². The molecule has 0 aliphatic heterocycles. The average Bonchev–Trinajstić information content (AvgIpc) is 2.42. The molecule has 0 aliphatic rings. The van der Waals surface area contributed by atoms with Crippen molar-refractivity contribution in [2.24, 2.45) is 0 Å². The Labute approximate surface area is 122 Å². The first-order chi connectivity index (χ1) is 9.65. The fraction of sp³-hybridized carbons (Fsp3) is 0.538. The standard InChI is InChI=1S/C13H18F3NO3S/c1-3-10-5-6-12(7-11(10)8-18)21(19,20)17(4-2)9-13(14,15)16/h5-7,18H,3-4,8-9H2,1-2H3. The van der Waals surface area contributed by atoms with E-state index in [1.54, 1.807) is 0 Å². The van der Waals surface area contributed by atoms with Crippen molar-refractivity contribution in [2.45, 2.75) is 37.9 Å². The molecular formula is C13H18F3NO3S. The maximum atomic E-state index is 12.5. The number of sulfonamides is 1. The van der Waals surface area contributed by atoms with Gasteiger partial charge in [0.2, 0.25) is 10.0 Å². The Hall–Kier alpha value is -1.12. The molecule has 120 valence electrons. The van der Waals surface area contributed by atoms with Gasteiger partial charge in [0.25, 0.3) is 0 Å². The summed E-state index contributed by atoms with van der Waals surface area (Å²) in [6.45, 7) is 1.00. The molecule has 0 saturated heterocycles. The number of rotatable bonds is 6. The minimum atomic E-state index is -4.60. The van der Waals surface area contributed by atoms with E-state index >= 15 is 0 Å². The van der Waals surface area contributed by atoms with E-state index in [0.29, 0.717) is 16.3 Å². The van der Waals surface area contributed by atoms with Gasteiger partial charge in [0.05, 0.1) is 11.5 Å². The summed E-state index contributed by atoms with van der Waals surface area (Å²) in [7, 11) is -4.24. The number of hydrogen-bond acceptors (Lipinski definition) is 3. The lowest BCUT2D eigenvalue weighted by Gasteiger charge is -2.22. The van der Waals surface area contributed by atoms with Gasteiger partial charge in [-0.15, -0.1) is 0 Å². The smallest absolute Gasteiger partial charge is 0.392 e. The first kappa shape index (κ1) is 17.9. The van der Waals surface area contributed by atoms with E-state index in [1.807, 2.05) is 6.92 Å². The third-order valence-electron chi connectivity index (χ3n) is 3.08. The number of benzene rings is 1. The lowest BCUT2D eigenvalue weighted by molar-refractivity contribution is -0.135. The average molecular weight is 325 g/mol. The molecule has 0 atom stereocenters. The van der Waals surface area contributed by atoms with Crippen molar-refractivity contribution in [3.63, 3.8) is 0 Å². The largest absolute Gasteiger partial charge is 0.402 e. The molecular weight excluding hydrogens is 307 g/mol. The highest BCUT2D eigenvalue weighted by Crippen LogP contribution is 2.24. The van der Waals surface area contributed by atoms with Crippen LogP contribution in [0.2, 0.25) is 0 Å². The number of alkyl halides is 3. The molecule has 1 rings (SSSR count). The van der Waals surface area contributed by atoms with Crippen LogP contribution in [0.15, 0.2) is 23.1 Å². The van der Waals surface area contributed by atoms with Crippen molar-refractivity contribution in [1.82, 2.24) is 4.31 Å². The molecule has 4 nitrogen and oxygen atoms in total. The Balaban J connectivity index is 3.23. The van der Waals surface area contributed by atoms with Crippen LogP contribution in [-0.4, -0.2) is 37.1 Å². The summed E-state index contributed by atoms with van der Waals surface area (Å²) < 4.78 is 62.2. The van der Waals surface area contributed by atoms with Gasteiger partial charge in [0, 0.05) is 6.54 Å². The van der Waals surface area contributed by atoms with Gasteiger partial charge in [-0.25, -0.2) is 8.42 Å². The van der Waals surface area contributed by atoms with Gasteiger partial charge in [-0.2, -0.15) is 17.5 Å². The first-order valence-corrected chi connectivity index (χ1v) is 7.89. The van der Waals surface area contributed by atoms with Gasteiger partial charge in [0.1, 0.15) is 6.54 Å². The number of aliphatic hydroxyl groups excluding tert-OH is 1. The second-order valence-electron chi connectivity index (χ2n) is 4.49. The Morgan fingerprint density at radius 2 is 1.81 bits per heavy atom. The molecule has 1 aromatic carbocycles. The van der Waals surface area contributed by atoms with Crippen LogP contribution in [-0.2, 0) is 23.1 Å². The maximum absolute atomic E-state index is 12.5. The normalized spacial score (nSPS) is 12.9. The van der Waals surface area contributed by atoms with Crippen LogP contribution in [0.4, 0.5) is 13.2 Å². The third kappa shape index (κ3) is 4.42. The van der Waals surface area contributed by atoms with Crippen LogP contribution in [0.25, 0.3) is 0 Å². The zero-order chi connectivity index (χ0) is 16.3. The predicted molar refractivity (Wildman–Crippen MR) is 72.2 cm³/mol. The van der Waals surface area contributed by atoms with E-state index in [-0.39, 0.29) is 18.0 Å². The summed E-state index contributed by atoms with van der Waals surface area (Å²) in [5, 5.41) is 9.23. The number of hydrogen-bond donors (Lipinski definition) is 1. The summed E-state index contributed by atoms with van der Waals surface area (Å²) in [5.41, 5.74) is 1.16. The first-order valence-electron chi connectivity index (χ1n) is 6.45. The summed E-state index contributed by atoms with van der Waals surface area (Å²) in [6.07, 6.45) is -4.01. The number of aryl methyl sites for hydroxylation is 1. The zero-order valence-corrected chi connectivity index (χ0v) is 12.6. The molecule has 0 amide bonds. The zero-order valence-electron chi connectivity index (χ0n) is 11.8. The Morgan fingerprint density at radius 3 is 2.24 bits per heavy atom. The highest BCUT2D eigenvalue weighted by molar-refractivity contribution is 7.89. The van der Waals surface area contributed by atoms with Gasteiger partial charge in [-0.3, -0.25) is 0 Å². The molecule has 0 unspecified atom stereocenters. The molecule has 0 heterocycles. The van der Waals surface area contributed by atoms with E-state index in [9.17, 15) is 26.7 Å². The molecule has 0 fully saturated rings. The molecule has 0 bridgehead atoms. The van der Waals surface area contributed by atoms with Gasteiger partial charge in [-0.1, -0.05) is 19.9 Å². The van der Waals surface area contributed by atoms with Crippen molar-refractivity contribution in [3.8, 4) is 0 Å². The fourth-order valence-corrected chi connectivity index (χ4v) is 3.46. The van der Waals surface area contributed by atoms with Gasteiger partial charge < -0.3 is 5.11 Å². The summed E-state index contributed by atoms with van der Waals surface area (Å²) in [5.74, 6) is 0. The molecule has 0 aliphatic carbocycles. The second kappa shape index (κ2) is 6.76. The minimum Gasteiger partial charge on any atom is -0.392 e. The van der Waals surface area contributed by atoms with Crippen LogP contribution >= 0.6 is 0 Å². The molecule has 8 heteroatoms. The number of halogens is 3. The van der Waals surface area contributed by atoms with Crippen molar-refractivity contribution in [1.29, 1.82) is 0 Å². The summed E-state index contributed by atoms with van der Waals surface area (Å²) >= 11 is 0. The van der Waals surface area contributed by atoms with E-state index in [2.05, 4.69) is 0 Å². The van der Waals surface area contributed by atoms with Crippen LogP contribution in [0.5, 0.6) is 0 Å². The van der Waals surface area contributed by atoms with Crippen LogP contribution in [0.1, 0.15) is 25.0 Å². The van der Waals surface area contributed by atoms with Crippen LogP contribution < -0.4 is 0 Å². The molecule has 1 N–H and O–H groups in total. The quantitative estimate of drug-likeness (QED) is 0.873. The van der Waals surface area contributed by atoms with Crippen molar-refractivity contribution >= 4 is 10.0 Å². The van der Waals surface area contributed by atoms with Gasteiger partial charge in [-0.05, 0) is 29.7 Å². The van der Waals surface area contributed by atoms with E-state index in [0.717, 1.165) is 5.56 Å². The van der Waals surface area contributed by atoms with Gasteiger partial charge in [0.15, 0.2) is 0 Å². The number of nitrogens with zero attached hydrogens (tertiary/aromatic N) is 1. The summed E-state index contributed by atoms with van der Waals surface area (Å²) in [6, 6.07) is 4.01. The lowest BCUT2D eigenvalue weighted by atomic mass is 10.1. The Bertz CT molecular complexity index is 585. The molecule has 1 aromatic rings. The minimum absolute atomic E-state index is 0.241. The van der Waals surface area contributed by atoms with Crippen molar-refractivity contribution in [3.05, 3.63) is 29.3 Å². The molecule has 0 aromatic heterocycles. The Morgan fingerprint density at radius 1 is 1.19 bits per heavy atom. The number of aliphatic hydroxyl groups is 1. The topological polar surface area (TPSA) is 57.6 Å². The second-order valence-corrected chi connectivity index (χ2v) is 6.43. The van der Waals surface area contributed by atoms with Crippen molar-refractivity contribution in [2.75, 3.05) is 13.1 Å². The molecule has 0 radical (unpaired) electrons. The SMILES string of the molecule is CCc1ccc(S(=O)(=O)N(CC)CC(F)(F)F)cc1CO. The third-order valence-corrected chi connectivity index (χ3v) is 4.99. The fourth-order valence-electron chi connectivity index (χ4n) is 1.97. The Kier molecular flexibility index (Phi) is 5.77. The lowest BCUT2D eigenvalue weighted by Crippen LogP contribution is -2.38. The highest BCUT2D eigenvalue weighted by atomic mass is 32.2. The van der Waals surface area contributed by atoms with Crippen LogP contribution in [0.3, 0.4) is 0 Å². The maximum Gasteiger partial charge on any atom is 0.402 e. The van der Waals surface area contributed by atoms with Crippen molar-refractivity contribution < 1.29 is 26.7 Å². The monoisotopic (exact) mass is 325 g/mol. The summed E-state index contributed by atoms with van der Waals surface area (Å²) in [4.78, 5) is -0.241. The highest BCUT2D eigenvalue weighted by Gasteiger charge is 2.36. The molecule has 0 saturated carbocycles.